The van der Waals surface area contributed by atoms with Crippen LogP contribution in [0.5, 0.6) is 17.4 Å². The second kappa shape index (κ2) is 11.8. The van der Waals surface area contributed by atoms with E-state index in [0.717, 1.165) is 44.1 Å². The van der Waals surface area contributed by atoms with Crippen LogP contribution in [-0.2, 0) is 11.4 Å². The fourth-order valence-corrected chi connectivity index (χ4v) is 5.13. The Bertz CT molecular complexity index is 1270. The number of hydrogen-bond donors (Lipinski definition) is 1. The van der Waals surface area contributed by atoms with Crippen LogP contribution in [0.1, 0.15) is 68.5 Å². The molecule has 1 unspecified atom stereocenters. The maximum atomic E-state index is 14.8. The summed E-state index contributed by atoms with van der Waals surface area (Å²) in [5.41, 5.74) is 2.13. The molecule has 7 nitrogen and oxygen atoms in total. The molecule has 2 aliphatic rings. The summed E-state index contributed by atoms with van der Waals surface area (Å²) in [5, 5.41) is 9.35. The van der Waals surface area contributed by atoms with E-state index < -0.39 is 11.8 Å². The number of carboxylic acids is 1. The van der Waals surface area contributed by atoms with Gasteiger partial charge in [0.1, 0.15) is 41.4 Å². The fourth-order valence-electron chi connectivity index (χ4n) is 5.13. The van der Waals surface area contributed by atoms with Crippen LogP contribution in [0, 0.1) is 11.7 Å². The third-order valence-corrected chi connectivity index (χ3v) is 7.31. The van der Waals surface area contributed by atoms with Crippen LogP contribution in [0.3, 0.4) is 0 Å². The van der Waals surface area contributed by atoms with Gasteiger partial charge in [-0.1, -0.05) is 18.6 Å². The highest BCUT2D eigenvalue weighted by molar-refractivity contribution is 5.68. The van der Waals surface area contributed by atoms with E-state index in [1.165, 1.54) is 19.6 Å². The molecule has 8 heteroatoms. The SMILES string of the molecule is COc1ccc(F)c(-c2ncc(COc3cccc(C(CC(=O)O)C4CC4)c3)nc2OC2CCCCC2)c1. The minimum Gasteiger partial charge on any atom is -0.497 e. The zero-order chi connectivity index (χ0) is 26.5. The number of rotatable bonds is 11. The largest absolute Gasteiger partial charge is 0.497 e. The van der Waals surface area contributed by atoms with Gasteiger partial charge in [-0.3, -0.25) is 4.79 Å². The van der Waals surface area contributed by atoms with E-state index in [4.69, 9.17) is 19.2 Å². The van der Waals surface area contributed by atoms with E-state index in [9.17, 15) is 14.3 Å². The number of ether oxygens (including phenoxy) is 3. The number of methoxy groups -OCH3 is 1. The normalized spacial score (nSPS) is 16.6. The number of carboxylic acid groups (broad SMARTS) is 1. The van der Waals surface area contributed by atoms with Crippen molar-refractivity contribution in [3.05, 3.63) is 65.7 Å². The third kappa shape index (κ3) is 6.41. The molecule has 0 bridgehead atoms. The molecule has 2 aromatic carbocycles. The van der Waals surface area contributed by atoms with E-state index in [1.54, 1.807) is 18.3 Å². The molecule has 38 heavy (non-hydrogen) atoms. The monoisotopic (exact) mass is 520 g/mol. The van der Waals surface area contributed by atoms with Gasteiger partial charge in [-0.2, -0.15) is 0 Å². The summed E-state index contributed by atoms with van der Waals surface area (Å²) in [4.78, 5) is 20.6. The van der Waals surface area contributed by atoms with Crippen LogP contribution in [-0.4, -0.2) is 34.3 Å². The lowest BCUT2D eigenvalue weighted by Gasteiger charge is -2.23. The van der Waals surface area contributed by atoms with Crippen molar-refractivity contribution in [2.45, 2.75) is 70.0 Å². The Morgan fingerprint density at radius 2 is 1.89 bits per heavy atom. The second-order valence-corrected chi connectivity index (χ2v) is 10.1. The molecule has 3 aromatic rings. The number of hydrogen-bond acceptors (Lipinski definition) is 6. The Morgan fingerprint density at radius 3 is 2.63 bits per heavy atom. The summed E-state index contributed by atoms with van der Waals surface area (Å²) in [6.45, 7) is 0.144. The van der Waals surface area contributed by atoms with Gasteiger partial charge in [-0.25, -0.2) is 14.4 Å². The number of aromatic nitrogens is 2. The Hall–Kier alpha value is -3.68. The Balaban J connectivity index is 1.37. The highest BCUT2D eigenvalue weighted by Crippen LogP contribution is 2.45. The molecule has 2 saturated carbocycles. The van der Waals surface area contributed by atoms with Crippen LogP contribution in [0.4, 0.5) is 4.39 Å². The van der Waals surface area contributed by atoms with Crippen molar-refractivity contribution in [1.29, 1.82) is 0 Å². The minimum absolute atomic E-state index is 0.00640. The summed E-state index contributed by atoms with van der Waals surface area (Å²) in [6, 6.07) is 12.1. The molecule has 2 fully saturated rings. The molecule has 5 rings (SSSR count). The average molecular weight is 521 g/mol. The lowest BCUT2D eigenvalue weighted by Crippen LogP contribution is -2.21. The molecule has 0 amide bonds. The first-order chi connectivity index (χ1) is 18.5. The molecular weight excluding hydrogens is 487 g/mol. The van der Waals surface area contributed by atoms with Gasteiger partial charge in [0.05, 0.1) is 19.7 Å². The van der Waals surface area contributed by atoms with E-state index in [1.807, 2.05) is 24.3 Å². The zero-order valence-electron chi connectivity index (χ0n) is 21.6. The molecule has 0 radical (unpaired) electrons. The third-order valence-electron chi connectivity index (χ3n) is 7.31. The van der Waals surface area contributed by atoms with Gasteiger partial charge in [-0.15, -0.1) is 0 Å². The van der Waals surface area contributed by atoms with Crippen molar-refractivity contribution in [3.63, 3.8) is 0 Å². The molecule has 0 aliphatic heterocycles. The second-order valence-electron chi connectivity index (χ2n) is 10.1. The Kier molecular flexibility index (Phi) is 8.05. The van der Waals surface area contributed by atoms with Gasteiger partial charge in [0.15, 0.2) is 0 Å². The summed E-state index contributed by atoms with van der Waals surface area (Å²) >= 11 is 0. The highest BCUT2D eigenvalue weighted by Gasteiger charge is 2.34. The van der Waals surface area contributed by atoms with Crippen molar-refractivity contribution in [2.24, 2.45) is 5.92 Å². The van der Waals surface area contributed by atoms with Crippen molar-refractivity contribution in [1.82, 2.24) is 9.97 Å². The van der Waals surface area contributed by atoms with Gasteiger partial charge in [0.2, 0.25) is 5.88 Å². The van der Waals surface area contributed by atoms with E-state index in [-0.39, 0.29) is 36.5 Å². The summed E-state index contributed by atoms with van der Waals surface area (Å²) < 4.78 is 32.4. The highest BCUT2D eigenvalue weighted by atomic mass is 19.1. The van der Waals surface area contributed by atoms with Gasteiger partial charge in [0, 0.05) is 5.56 Å². The molecule has 200 valence electrons. The van der Waals surface area contributed by atoms with Crippen LogP contribution < -0.4 is 14.2 Å². The van der Waals surface area contributed by atoms with Crippen molar-refractivity contribution in [3.8, 4) is 28.6 Å². The molecular formula is C30H33FN2O5. The number of benzene rings is 2. The predicted octanol–water partition coefficient (Wildman–Crippen LogP) is 6.55. The van der Waals surface area contributed by atoms with Crippen LogP contribution in [0.15, 0.2) is 48.7 Å². The summed E-state index contributed by atoms with van der Waals surface area (Å²) in [7, 11) is 1.53. The van der Waals surface area contributed by atoms with E-state index in [0.29, 0.717) is 28.8 Å². The van der Waals surface area contributed by atoms with Crippen molar-refractivity contribution < 1.29 is 28.5 Å². The maximum absolute atomic E-state index is 14.8. The first kappa shape index (κ1) is 25.9. The molecule has 1 aromatic heterocycles. The van der Waals surface area contributed by atoms with E-state index in [2.05, 4.69) is 4.98 Å². The topological polar surface area (TPSA) is 90.8 Å². The summed E-state index contributed by atoms with van der Waals surface area (Å²) in [6.07, 6.45) is 9.02. The quantitative estimate of drug-likeness (QED) is 0.307. The van der Waals surface area contributed by atoms with Crippen LogP contribution in [0.25, 0.3) is 11.3 Å². The standard InChI is InChI=1S/C30H33FN2O5/c1-36-23-12-13-27(31)26(15-23)29-30(38-22-7-3-2-4-8-22)33-21(17-32-29)18-37-24-9-5-6-20(14-24)25(16-28(34)35)19-10-11-19/h5-6,9,12-15,17,19,22,25H,2-4,7-8,10-11,16,18H2,1H3,(H,34,35). The maximum Gasteiger partial charge on any atom is 0.303 e. The van der Waals surface area contributed by atoms with Gasteiger partial charge >= 0.3 is 5.97 Å². The zero-order valence-corrected chi connectivity index (χ0v) is 21.6. The fraction of sp³-hybridized carbons (Fsp3) is 0.433. The number of halogens is 1. The first-order valence-corrected chi connectivity index (χ1v) is 13.3. The minimum atomic E-state index is -0.790. The molecule has 0 saturated heterocycles. The number of nitrogens with zero attached hydrogens (tertiary/aromatic N) is 2. The molecule has 1 heterocycles. The van der Waals surface area contributed by atoms with Crippen molar-refractivity contribution in [2.75, 3.05) is 7.11 Å². The van der Waals surface area contributed by atoms with Crippen LogP contribution >= 0.6 is 0 Å². The van der Waals surface area contributed by atoms with Crippen LogP contribution in [0.2, 0.25) is 0 Å². The predicted molar refractivity (Wildman–Crippen MR) is 140 cm³/mol. The lowest BCUT2D eigenvalue weighted by molar-refractivity contribution is -0.137. The first-order valence-electron chi connectivity index (χ1n) is 13.3. The van der Waals surface area contributed by atoms with Crippen molar-refractivity contribution >= 4 is 5.97 Å². The molecule has 2 aliphatic carbocycles. The van der Waals surface area contributed by atoms with Gasteiger partial charge < -0.3 is 19.3 Å². The molecule has 1 atom stereocenters. The summed E-state index contributed by atoms with van der Waals surface area (Å²) in [5.74, 6) is 0.626. The smallest absolute Gasteiger partial charge is 0.303 e. The number of aliphatic carboxylic acids is 1. The number of carbonyl (C=O) groups is 1. The molecule has 0 spiro atoms. The molecule has 1 N–H and O–H groups in total. The van der Waals surface area contributed by atoms with Gasteiger partial charge in [0.25, 0.3) is 0 Å². The Labute approximate surface area is 222 Å². The van der Waals surface area contributed by atoms with E-state index >= 15 is 0 Å². The lowest BCUT2D eigenvalue weighted by atomic mass is 9.91. The average Bonchev–Trinajstić information content (AvgIpc) is 3.77. The van der Waals surface area contributed by atoms with Gasteiger partial charge in [-0.05, 0) is 86.3 Å². The Morgan fingerprint density at radius 1 is 1.08 bits per heavy atom.